The van der Waals surface area contributed by atoms with Crippen LogP contribution >= 0.6 is 11.3 Å². The summed E-state index contributed by atoms with van der Waals surface area (Å²) in [7, 11) is 4.08. The predicted octanol–water partition coefficient (Wildman–Crippen LogP) is 3.62. The second kappa shape index (κ2) is 8.88. The minimum Gasteiger partial charge on any atom is -0.371 e. The van der Waals surface area contributed by atoms with Gasteiger partial charge in [0, 0.05) is 42.6 Å². The first-order valence-corrected chi connectivity index (χ1v) is 11.4. The van der Waals surface area contributed by atoms with Crippen molar-refractivity contribution in [3.05, 3.63) is 51.7 Å². The Morgan fingerprint density at radius 3 is 2.83 bits per heavy atom. The average Bonchev–Trinajstić information content (AvgIpc) is 3.23. The zero-order valence-electron chi connectivity index (χ0n) is 18.2. The number of morpholine rings is 1. The molecule has 3 aromatic rings. The molecule has 1 amide bonds. The Morgan fingerprint density at radius 2 is 2.10 bits per heavy atom. The standard InChI is InChI=1S/C23H30N4O2S/c1-15-17(16(2)27(4)25-15)9-7-11-24-23(28)22-21(19-14-26(3)12-13-29-19)18-8-5-6-10-20(18)30-22/h5-6,8,10,19H,7,9,11-14H2,1-4H3,(H,24,28). The lowest BCUT2D eigenvalue weighted by Crippen LogP contribution is -2.36. The van der Waals surface area contributed by atoms with Crippen LogP contribution in [0.2, 0.25) is 0 Å². The minimum absolute atomic E-state index is 0.00246. The largest absolute Gasteiger partial charge is 0.371 e. The zero-order valence-corrected chi connectivity index (χ0v) is 19.0. The first-order chi connectivity index (χ1) is 14.5. The summed E-state index contributed by atoms with van der Waals surface area (Å²) in [6.45, 7) is 7.21. The van der Waals surface area contributed by atoms with Crippen molar-refractivity contribution >= 4 is 27.3 Å². The van der Waals surface area contributed by atoms with E-state index in [0.29, 0.717) is 13.2 Å². The highest BCUT2D eigenvalue weighted by molar-refractivity contribution is 7.21. The number of rotatable bonds is 6. The van der Waals surface area contributed by atoms with Crippen LogP contribution in [-0.2, 0) is 18.2 Å². The summed E-state index contributed by atoms with van der Waals surface area (Å²) < 4.78 is 9.14. The molecule has 4 rings (SSSR count). The van der Waals surface area contributed by atoms with Crippen molar-refractivity contribution in [2.45, 2.75) is 32.8 Å². The minimum atomic E-state index is -0.0682. The molecule has 1 unspecified atom stereocenters. The molecule has 1 atom stereocenters. The van der Waals surface area contributed by atoms with Crippen molar-refractivity contribution in [3.8, 4) is 0 Å². The second-order valence-electron chi connectivity index (χ2n) is 8.10. The van der Waals surface area contributed by atoms with E-state index < -0.39 is 0 Å². The van der Waals surface area contributed by atoms with E-state index >= 15 is 0 Å². The van der Waals surface area contributed by atoms with Crippen molar-refractivity contribution in [1.82, 2.24) is 20.0 Å². The smallest absolute Gasteiger partial charge is 0.261 e. The number of thiophene rings is 1. The van der Waals surface area contributed by atoms with Crippen LogP contribution in [0.15, 0.2) is 24.3 Å². The van der Waals surface area contributed by atoms with Gasteiger partial charge in [0.2, 0.25) is 0 Å². The molecule has 1 saturated heterocycles. The maximum atomic E-state index is 13.1. The summed E-state index contributed by atoms with van der Waals surface area (Å²) in [6.07, 6.45) is 1.74. The van der Waals surface area contributed by atoms with Gasteiger partial charge in [-0.05, 0) is 50.8 Å². The number of hydrogen-bond acceptors (Lipinski definition) is 5. The molecule has 3 heterocycles. The Hall–Kier alpha value is -2.22. The summed E-state index contributed by atoms with van der Waals surface area (Å²) in [5, 5.41) is 8.75. The van der Waals surface area contributed by atoms with E-state index in [4.69, 9.17) is 4.74 Å². The van der Waals surface area contributed by atoms with Crippen LogP contribution in [0.1, 0.15) is 44.7 Å². The second-order valence-corrected chi connectivity index (χ2v) is 9.15. The van der Waals surface area contributed by atoms with Crippen molar-refractivity contribution < 1.29 is 9.53 Å². The topological polar surface area (TPSA) is 59.4 Å². The molecule has 2 aromatic heterocycles. The van der Waals surface area contributed by atoms with Gasteiger partial charge in [-0.15, -0.1) is 11.3 Å². The third-order valence-corrected chi connectivity index (χ3v) is 7.16. The van der Waals surface area contributed by atoms with Gasteiger partial charge in [0.1, 0.15) is 0 Å². The fourth-order valence-electron chi connectivity index (χ4n) is 4.23. The number of aromatic nitrogens is 2. The van der Waals surface area contributed by atoms with E-state index in [1.165, 1.54) is 11.3 Å². The number of hydrogen-bond donors (Lipinski definition) is 1. The van der Waals surface area contributed by atoms with E-state index in [9.17, 15) is 4.79 Å². The third-order valence-electron chi connectivity index (χ3n) is 5.98. The SMILES string of the molecule is Cc1nn(C)c(C)c1CCCNC(=O)c1sc2ccccc2c1C1CN(C)CCO1. The Bertz CT molecular complexity index is 1060. The van der Waals surface area contributed by atoms with Crippen LogP contribution in [0.25, 0.3) is 10.1 Å². The number of fused-ring (bicyclic) bond motifs is 1. The Kier molecular flexibility index (Phi) is 6.22. The van der Waals surface area contributed by atoms with Gasteiger partial charge in [-0.1, -0.05) is 18.2 Å². The molecule has 1 aromatic carbocycles. The molecule has 1 aliphatic heterocycles. The Morgan fingerprint density at radius 1 is 1.30 bits per heavy atom. The average molecular weight is 427 g/mol. The molecule has 0 spiro atoms. The van der Waals surface area contributed by atoms with Gasteiger partial charge in [0.15, 0.2) is 0 Å². The first kappa shape index (κ1) is 21.0. The number of ether oxygens (including phenoxy) is 1. The molecule has 30 heavy (non-hydrogen) atoms. The highest BCUT2D eigenvalue weighted by Crippen LogP contribution is 2.38. The number of amides is 1. The number of carbonyl (C=O) groups is 1. The van der Waals surface area contributed by atoms with E-state index in [2.05, 4.69) is 41.4 Å². The van der Waals surface area contributed by atoms with Gasteiger partial charge in [-0.3, -0.25) is 9.48 Å². The number of nitrogens with one attached hydrogen (secondary N) is 1. The Labute approximate surface area is 181 Å². The van der Waals surface area contributed by atoms with E-state index in [1.807, 2.05) is 30.8 Å². The molecule has 7 heteroatoms. The van der Waals surface area contributed by atoms with Crippen molar-refractivity contribution in [2.24, 2.45) is 7.05 Å². The van der Waals surface area contributed by atoms with E-state index in [1.54, 1.807) is 11.3 Å². The normalized spacial score (nSPS) is 17.5. The fraction of sp³-hybridized carbons (Fsp3) is 0.478. The number of nitrogens with zero attached hydrogens (tertiary/aromatic N) is 3. The van der Waals surface area contributed by atoms with Gasteiger partial charge in [-0.2, -0.15) is 5.10 Å². The van der Waals surface area contributed by atoms with Crippen molar-refractivity contribution in [2.75, 3.05) is 33.3 Å². The number of aryl methyl sites for hydroxylation is 2. The lowest BCUT2D eigenvalue weighted by molar-refractivity contribution is -0.0202. The molecule has 0 saturated carbocycles. The summed E-state index contributed by atoms with van der Waals surface area (Å²) in [4.78, 5) is 16.2. The van der Waals surface area contributed by atoms with Crippen molar-refractivity contribution in [1.29, 1.82) is 0 Å². The highest BCUT2D eigenvalue weighted by atomic mass is 32.1. The molecule has 1 aliphatic rings. The molecule has 6 nitrogen and oxygen atoms in total. The molecule has 160 valence electrons. The van der Waals surface area contributed by atoms with Crippen LogP contribution < -0.4 is 5.32 Å². The highest BCUT2D eigenvalue weighted by Gasteiger charge is 2.28. The predicted molar refractivity (Wildman–Crippen MR) is 121 cm³/mol. The summed E-state index contributed by atoms with van der Waals surface area (Å²) in [6, 6.07) is 8.24. The Balaban J connectivity index is 1.48. The summed E-state index contributed by atoms with van der Waals surface area (Å²) in [5.74, 6) is 0.00246. The van der Waals surface area contributed by atoms with Crippen molar-refractivity contribution in [3.63, 3.8) is 0 Å². The maximum Gasteiger partial charge on any atom is 0.261 e. The van der Waals surface area contributed by atoms with E-state index in [0.717, 1.165) is 52.2 Å². The van der Waals surface area contributed by atoms with Gasteiger partial charge in [0.25, 0.3) is 5.91 Å². The van der Waals surface area contributed by atoms with Gasteiger partial charge < -0.3 is 15.0 Å². The van der Waals surface area contributed by atoms with Gasteiger partial charge in [0.05, 0.1) is 23.3 Å². The van der Waals surface area contributed by atoms with Crippen LogP contribution in [0.5, 0.6) is 0 Å². The van der Waals surface area contributed by atoms with Crippen LogP contribution in [0, 0.1) is 13.8 Å². The lowest BCUT2D eigenvalue weighted by Gasteiger charge is -2.30. The number of likely N-dealkylation sites (N-methyl/N-ethyl adjacent to an activating group) is 1. The summed E-state index contributed by atoms with van der Waals surface area (Å²) >= 11 is 1.57. The van der Waals surface area contributed by atoms with Gasteiger partial charge >= 0.3 is 0 Å². The van der Waals surface area contributed by atoms with Crippen LogP contribution in [0.4, 0.5) is 0 Å². The molecule has 0 bridgehead atoms. The first-order valence-electron chi connectivity index (χ1n) is 10.5. The third kappa shape index (κ3) is 4.15. The van der Waals surface area contributed by atoms with Crippen LogP contribution in [-0.4, -0.2) is 53.9 Å². The molecule has 0 aliphatic carbocycles. The molecule has 1 fully saturated rings. The van der Waals surface area contributed by atoms with Crippen LogP contribution in [0.3, 0.4) is 0 Å². The van der Waals surface area contributed by atoms with E-state index in [-0.39, 0.29) is 12.0 Å². The molecule has 0 radical (unpaired) electrons. The molecule has 1 N–H and O–H groups in total. The number of carbonyl (C=O) groups excluding carboxylic acids is 1. The number of benzene rings is 1. The maximum absolute atomic E-state index is 13.1. The summed E-state index contributed by atoms with van der Waals surface area (Å²) in [5.41, 5.74) is 4.60. The molecular formula is C23H30N4O2S. The fourth-order valence-corrected chi connectivity index (χ4v) is 5.40. The monoisotopic (exact) mass is 426 g/mol. The quantitative estimate of drug-likeness (QED) is 0.612. The lowest BCUT2D eigenvalue weighted by atomic mass is 10.0. The van der Waals surface area contributed by atoms with Gasteiger partial charge in [-0.25, -0.2) is 0 Å². The molecular weight excluding hydrogens is 396 g/mol. The zero-order chi connectivity index (χ0) is 21.3.